The molecule has 0 saturated heterocycles. The molecule has 1 fully saturated rings. The van der Waals surface area contributed by atoms with Gasteiger partial charge in [-0.05, 0) is 46.7 Å². The molecule has 4 heteroatoms. The Hall–Kier alpha value is -0.770. The lowest BCUT2D eigenvalue weighted by molar-refractivity contribution is 0.268. The summed E-state index contributed by atoms with van der Waals surface area (Å²) in [6.07, 6.45) is 7.18. The van der Waals surface area contributed by atoms with Crippen LogP contribution in [0.3, 0.4) is 0 Å². The number of halogens is 1. The molecule has 0 aliphatic heterocycles. The number of anilines is 2. The minimum absolute atomic E-state index is 0.735. The van der Waals surface area contributed by atoms with Gasteiger partial charge in [0.1, 0.15) is 5.82 Å². The zero-order chi connectivity index (χ0) is 13.1. The lowest BCUT2D eigenvalue weighted by Gasteiger charge is -2.29. The number of nitrogens with zero attached hydrogens (tertiary/aromatic N) is 1. The Morgan fingerprint density at radius 3 is 2.89 bits per heavy atom. The Balaban J connectivity index is 1.99. The van der Waals surface area contributed by atoms with E-state index in [1.807, 2.05) is 6.92 Å². The maximum Gasteiger partial charge on any atom is 0.140 e. The van der Waals surface area contributed by atoms with Crippen molar-refractivity contribution in [2.24, 2.45) is 11.8 Å². The number of nitrogens with one attached hydrogen (secondary N) is 1. The topological polar surface area (TPSA) is 50.9 Å². The van der Waals surface area contributed by atoms with E-state index in [-0.39, 0.29) is 0 Å². The molecule has 1 aliphatic carbocycles. The highest BCUT2D eigenvalue weighted by Gasteiger charge is 2.21. The first-order valence-corrected chi connectivity index (χ1v) is 7.53. The van der Waals surface area contributed by atoms with E-state index in [0.29, 0.717) is 0 Å². The van der Waals surface area contributed by atoms with Crippen molar-refractivity contribution in [3.05, 3.63) is 16.2 Å². The highest BCUT2D eigenvalue weighted by atomic mass is 79.9. The first-order valence-electron chi connectivity index (χ1n) is 6.74. The van der Waals surface area contributed by atoms with Crippen LogP contribution in [0, 0.1) is 18.8 Å². The molecule has 1 saturated carbocycles. The molecule has 2 atom stereocenters. The summed E-state index contributed by atoms with van der Waals surface area (Å²) in [5.41, 5.74) is 7.62. The molecule has 3 N–H and O–H groups in total. The third kappa shape index (κ3) is 2.97. The summed E-state index contributed by atoms with van der Waals surface area (Å²) in [4.78, 5) is 4.37. The van der Waals surface area contributed by atoms with Gasteiger partial charge in [0.15, 0.2) is 0 Å². The molecule has 18 heavy (non-hydrogen) atoms. The van der Waals surface area contributed by atoms with E-state index in [2.05, 4.69) is 33.2 Å². The van der Waals surface area contributed by atoms with E-state index in [1.165, 1.54) is 25.7 Å². The number of nitrogen functional groups attached to an aromatic ring is 1. The fourth-order valence-corrected chi connectivity index (χ4v) is 3.11. The van der Waals surface area contributed by atoms with Crippen molar-refractivity contribution >= 4 is 27.4 Å². The molecule has 3 nitrogen and oxygen atoms in total. The Kier molecular flexibility index (Phi) is 4.49. The van der Waals surface area contributed by atoms with Crippen molar-refractivity contribution in [2.45, 2.75) is 39.5 Å². The van der Waals surface area contributed by atoms with Gasteiger partial charge in [-0.25, -0.2) is 4.98 Å². The van der Waals surface area contributed by atoms with Crippen LogP contribution in [-0.2, 0) is 0 Å². The Morgan fingerprint density at radius 1 is 1.44 bits per heavy atom. The summed E-state index contributed by atoms with van der Waals surface area (Å²) in [5.74, 6) is 2.50. The van der Waals surface area contributed by atoms with Gasteiger partial charge in [0.25, 0.3) is 0 Å². The maximum atomic E-state index is 5.83. The predicted molar refractivity (Wildman–Crippen MR) is 80.7 cm³/mol. The van der Waals surface area contributed by atoms with Gasteiger partial charge in [-0.1, -0.05) is 26.2 Å². The average Bonchev–Trinajstić information content (AvgIpc) is 2.37. The molecule has 0 bridgehead atoms. The highest BCUT2D eigenvalue weighted by molar-refractivity contribution is 9.10. The van der Waals surface area contributed by atoms with Gasteiger partial charge in [0.05, 0.1) is 16.4 Å². The molecule has 0 radical (unpaired) electrons. The van der Waals surface area contributed by atoms with Gasteiger partial charge < -0.3 is 11.1 Å². The van der Waals surface area contributed by atoms with Gasteiger partial charge in [0, 0.05) is 6.54 Å². The smallest absolute Gasteiger partial charge is 0.140 e. The predicted octanol–water partition coefficient (Wildman–Crippen LogP) is 3.97. The van der Waals surface area contributed by atoms with E-state index >= 15 is 0 Å². The maximum absolute atomic E-state index is 5.83. The summed E-state index contributed by atoms with van der Waals surface area (Å²) in [6, 6.07) is 0. The second-order valence-electron chi connectivity index (χ2n) is 5.40. The minimum atomic E-state index is 0.735. The first-order chi connectivity index (χ1) is 8.59. The van der Waals surface area contributed by atoms with Gasteiger partial charge in [-0.15, -0.1) is 0 Å². The minimum Gasteiger partial charge on any atom is -0.397 e. The van der Waals surface area contributed by atoms with Crippen LogP contribution in [0.25, 0.3) is 0 Å². The third-order valence-electron chi connectivity index (χ3n) is 4.12. The quantitative estimate of drug-likeness (QED) is 0.888. The number of nitrogens with two attached hydrogens (primary N) is 1. The van der Waals surface area contributed by atoms with E-state index in [9.17, 15) is 0 Å². The van der Waals surface area contributed by atoms with E-state index < -0.39 is 0 Å². The van der Waals surface area contributed by atoms with E-state index in [4.69, 9.17) is 5.73 Å². The highest BCUT2D eigenvalue weighted by Crippen LogP contribution is 2.31. The van der Waals surface area contributed by atoms with Crippen LogP contribution in [0.1, 0.15) is 38.2 Å². The summed E-state index contributed by atoms with van der Waals surface area (Å²) in [7, 11) is 0. The molecule has 0 spiro atoms. The van der Waals surface area contributed by atoms with Crippen LogP contribution in [0.4, 0.5) is 11.5 Å². The first kappa shape index (κ1) is 13.7. The average molecular weight is 312 g/mol. The molecule has 100 valence electrons. The molecule has 1 heterocycles. The van der Waals surface area contributed by atoms with Gasteiger partial charge in [0.2, 0.25) is 0 Å². The zero-order valence-corrected chi connectivity index (χ0v) is 12.8. The van der Waals surface area contributed by atoms with Crippen molar-refractivity contribution in [1.29, 1.82) is 0 Å². The fraction of sp³-hybridized carbons (Fsp3) is 0.643. The molecule has 1 aromatic heterocycles. The van der Waals surface area contributed by atoms with Crippen molar-refractivity contribution < 1.29 is 0 Å². The normalized spacial score (nSPS) is 23.9. The summed E-state index contributed by atoms with van der Waals surface area (Å²) >= 11 is 3.57. The molecular formula is C14H22BrN3. The molecule has 0 aromatic carbocycles. The Bertz CT molecular complexity index is 420. The third-order valence-corrected chi connectivity index (χ3v) is 5.09. The largest absolute Gasteiger partial charge is 0.397 e. The van der Waals surface area contributed by atoms with Gasteiger partial charge in [-0.2, -0.15) is 0 Å². The van der Waals surface area contributed by atoms with Crippen LogP contribution in [0.5, 0.6) is 0 Å². The summed E-state index contributed by atoms with van der Waals surface area (Å²) < 4.78 is 0.992. The van der Waals surface area contributed by atoms with Crippen LogP contribution in [0.2, 0.25) is 0 Å². The molecular weight excluding hydrogens is 290 g/mol. The molecule has 1 aromatic rings. The van der Waals surface area contributed by atoms with Gasteiger partial charge >= 0.3 is 0 Å². The number of hydrogen-bond acceptors (Lipinski definition) is 3. The monoisotopic (exact) mass is 311 g/mol. The van der Waals surface area contributed by atoms with Crippen LogP contribution in [0.15, 0.2) is 10.7 Å². The lowest BCUT2D eigenvalue weighted by atomic mass is 9.80. The summed E-state index contributed by atoms with van der Waals surface area (Å²) in [6.45, 7) is 5.38. The number of hydrogen-bond donors (Lipinski definition) is 2. The molecule has 1 aliphatic rings. The second-order valence-corrected chi connectivity index (χ2v) is 6.20. The van der Waals surface area contributed by atoms with Crippen LogP contribution < -0.4 is 11.1 Å². The van der Waals surface area contributed by atoms with Crippen LogP contribution in [-0.4, -0.2) is 11.5 Å². The van der Waals surface area contributed by atoms with Crippen molar-refractivity contribution in [1.82, 2.24) is 4.98 Å². The van der Waals surface area contributed by atoms with Crippen molar-refractivity contribution in [2.75, 3.05) is 17.6 Å². The standard InChI is InChI=1S/C14H22BrN3/c1-9-5-3-4-6-11(9)7-17-14-13(15)10(2)12(16)8-18-14/h8-9,11H,3-7,16H2,1-2H3,(H,17,18). The van der Waals surface area contributed by atoms with Crippen molar-refractivity contribution in [3.63, 3.8) is 0 Å². The van der Waals surface area contributed by atoms with Gasteiger partial charge in [-0.3, -0.25) is 0 Å². The van der Waals surface area contributed by atoms with E-state index in [0.717, 1.165) is 39.9 Å². The zero-order valence-electron chi connectivity index (χ0n) is 11.2. The summed E-state index contributed by atoms with van der Waals surface area (Å²) in [5, 5.41) is 3.47. The SMILES string of the molecule is Cc1c(N)cnc(NCC2CCCCC2C)c1Br. The van der Waals surface area contributed by atoms with Crippen LogP contribution >= 0.6 is 15.9 Å². The number of rotatable bonds is 3. The molecule has 0 amide bonds. The molecule has 2 rings (SSSR count). The number of pyridine rings is 1. The van der Waals surface area contributed by atoms with E-state index in [1.54, 1.807) is 6.20 Å². The Morgan fingerprint density at radius 2 is 2.17 bits per heavy atom. The second kappa shape index (κ2) is 5.91. The number of aromatic nitrogens is 1. The van der Waals surface area contributed by atoms with Crippen molar-refractivity contribution in [3.8, 4) is 0 Å². The Labute approximate surface area is 118 Å². The lowest BCUT2D eigenvalue weighted by Crippen LogP contribution is -2.24. The fourth-order valence-electron chi connectivity index (χ4n) is 2.64. The molecule has 2 unspecified atom stereocenters.